The van der Waals surface area contributed by atoms with E-state index in [9.17, 15) is 4.79 Å². The maximum atomic E-state index is 12.8. The van der Waals surface area contributed by atoms with Gasteiger partial charge in [0.2, 0.25) is 9.70 Å². The zero-order valence-electron chi connectivity index (χ0n) is 18.7. The Labute approximate surface area is 224 Å². The van der Waals surface area contributed by atoms with E-state index in [-0.39, 0.29) is 0 Å². The maximum Gasteiger partial charge on any atom is 0.245 e. The van der Waals surface area contributed by atoms with Crippen molar-refractivity contribution in [1.82, 2.24) is 15.2 Å². The minimum absolute atomic E-state index is 0.407. The molecule has 1 saturated heterocycles. The van der Waals surface area contributed by atoms with Crippen LogP contribution < -0.4 is 16.0 Å². The molecule has 1 aliphatic rings. The number of aromatic nitrogens is 1. The van der Waals surface area contributed by atoms with Crippen molar-refractivity contribution in [3.05, 3.63) is 78.0 Å². The minimum Gasteiger partial charge on any atom is -0.328 e. The SMILES string of the molecule is NCc1ccc(/C=C/C(=O)NC(N2CCCN(c3cccc4cccnc34)C2=S)C(Cl)(Cl)Cl)cc1. The number of hydrogen-bond donors (Lipinski definition) is 2. The Morgan fingerprint density at radius 3 is 2.60 bits per heavy atom. The molecule has 35 heavy (non-hydrogen) atoms. The highest BCUT2D eigenvalue weighted by atomic mass is 35.6. The number of pyridine rings is 1. The fraction of sp³-hybridized carbons (Fsp3) is 0.240. The van der Waals surface area contributed by atoms with Gasteiger partial charge in [-0.15, -0.1) is 0 Å². The van der Waals surface area contributed by atoms with Gasteiger partial charge in [0.15, 0.2) is 11.3 Å². The molecule has 0 radical (unpaired) electrons. The van der Waals surface area contributed by atoms with E-state index >= 15 is 0 Å². The molecule has 1 amide bonds. The van der Waals surface area contributed by atoms with E-state index in [1.165, 1.54) is 6.08 Å². The first-order valence-corrected chi connectivity index (χ1v) is 12.6. The van der Waals surface area contributed by atoms with Crippen LogP contribution in [0.25, 0.3) is 17.0 Å². The molecule has 0 saturated carbocycles. The van der Waals surface area contributed by atoms with E-state index in [2.05, 4.69) is 10.3 Å². The van der Waals surface area contributed by atoms with Gasteiger partial charge in [-0.2, -0.15) is 0 Å². The first-order valence-electron chi connectivity index (χ1n) is 11.0. The average molecular weight is 549 g/mol. The lowest BCUT2D eigenvalue weighted by Crippen LogP contribution is -2.62. The van der Waals surface area contributed by atoms with E-state index in [1.807, 2.05) is 59.5 Å². The third kappa shape index (κ3) is 6.05. The number of rotatable bonds is 6. The molecule has 0 bridgehead atoms. The number of carbonyl (C=O) groups is 1. The fourth-order valence-corrected chi connectivity index (χ4v) is 4.87. The summed E-state index contributed by atoms with van der Waals surface area (Å²) in [6.07, 6.45) is 4.62. The van der Waals surface area contributed by atoms with Crippen molar-refractivity contribution in [3.63, 3.8) is 0 Å². The van der Waals surface area contributed by atoms with E-state index in [0.29, 0.717) is 24.7 Å². The molecule has 0 spiro atoms. The van der Waals surface area contributed by atoms with E-state index in [1.54, 1.807) is 17.2 Å². The van der Waals surface area contributed by atoms with Crippen LogP contribution in [-0.2, 0) is 11.3 Å². The highest BCUT2D eigenvalue weighted by molar-refractivity contribution is 7.80. The molecule has 182 valence electrons. The number of fused-ring (bicyclic) bond motifs is 1. The van der Waals surface area contributed by atoms with Gasteiger partial charge < -0.3 is 20.9 Å². The number of nitrogens with zero attached hydrogens (tertiary/aromatic N) is 3. The summed E-state index contributed by atoms with van der Waals surface area (Å²) in [4.78, 5) is 21.0. The van der Waals surface area contributed by atoms with Crippen molar-refractivity contribution in [2.24, 2.45) is 5.73 Å². The summed E-state index contributed by atoms with van der Waals surface area (Å²) in [5.74, 6) is -0.407. The monoisotopic (exact) mass is 547 g/mol. The van der Waals surface area contributed by atoms with Gasteiger partial charge in [-0.05, 0) is 48.0 Å². The third-order valence-electron chi connectivity index (χ3n) is 5.70. The van der Waals surface area contributed by atoms with Crippen LogP contribution in [0.2, 0.25) is 0 Å². The summed E-state index contributed by atoms with van der Waals surface area (Å²) in [7, 11) is 0. The molecule has 3 N–H and O–H groups in total. The number of nitrogens with two attached hydrogens (primary N) is 1. The molecule has 1 aliphatic heterocycles. The number of amides is 1. The van der Waals surface area contributed by atoms with Gasteiger partial charge in [0.05, 0.1) is 11.2 Å². The smallest absolute Gasteiger partial charge is 0.245 e. The van der Waals surface area contributed by atoms with Gasteiger partial charge >= 0.3 is 0 Å². The molecule has 1 atom stereocenters. The number of nitrogens with one attached hydrogen (secondary N) is 1. The second-order valence-corrected chi connectivity index (χ2v) is 10.8. The molecule has 1 unspecified atom stereocenters. The van der Waals surface area contributed by atoms with Gasteiger partial charge in [0.1, 0.15) is 0 Å². The quantitative estimate of drug-likeness (QED) is 0.256. The first kappa shape index (κ1) is 25.7. The summed E-state index contributed by atoms with van der Waals surface area (Å²) in [6.45, 7) is 1.66. The number of anilines is 1. The van der Waals surface area contributed by atoms with E-state index in [0.717, 1.165) is 34.1 Å². The summed E-state index contributed by atoms with van der Waals surface area (Å²) in [5, 5.41) is 4.27. The summed E-state index contributed by atoms with van der Waals surface area (Å²) in [6, 6.07) is 17.4. The zero-order valence-corrected chi connectivity index (χ0v) is 21.8. The molecular weight excluding hydrogens is 525 g/mol. The minimum atomic E-state index is -1.82. The van der Waals surface area contributed by atoms with Crippen LogP contribution in [-0.4, -0.2) is 44.0 Å². The fourth-order valence-electron chi connectivity index (χ4n) is 3.97. The Bertz CT molecular complexity index is 1240. The number of carbonyl (C=O) groups excluding carboxylic acids is 1. The second-order valence-electron chi connectivity index (χ2n) is 8.07. The maximum absolute atomic E-state index is 12.8. The lowest BCUT2D eigenvalue weighted by molar-refractivity contribution is -0.117. The largest absolute Gasteiger partial charge is 0.328 e. The van der Waals surface area contributed by atoms with Crippen LogP contribution in [0.3, 0.4) is 0 Å². The Hall–Kier alpha value is -2.42. The Kier molecular flexibility index (Phi) is 8.14. The van der Waals surface area contributed by atoms with Gasteiger partial charge in [-0.3, -0.25) is 9.78 Å². The van der Waals surface area contributed by atoms with E-state index < -0.39 is 15.9 Å². The second kappa shape index (κ2) is 11.1. The molecule has 6 nitrogen and oxygen atoms in total. The van der Waals surface area contributed by atoms with Crippen LogP contribution >= 0.6 is 47.0 Å². The molecule has 2 heterocycles. The number of hydrogen-bond acceptors (Lipinski definition) is 4. The first-order chi connectivity index (χ1) is 16.8. The Balaban J connectivity index is 1.55. The van der Waals surface area contributed by atoms with Crippen molar-refractivity contribution in [2.45, 2.75) is 22.9 Å². The van der Waals surface area contributed by atoms with Gasteiger partial charge in [0, 0.05) is 37.3 Å². The number of alkyl halides is 3. The summed E-state index contributed by atoms with van der Waals surface area (Å²) >= 11 is 24.8. The summed E-state index contributed by atoms with van der Waals surface area (Å²) in [5.41, 5.74) is 9.19. The van der Waals surface area contributed by atoms with Crippen molar-refractivity contribution in [3.8, 4) is 0 Å². The van der Waals surface area contributed by atoms with Crippen molar-refractivity contribution >= 4 is 80.7 Å². The van der Waals surface area contributed by atoms with Crippen LogP contribution in [0.15, 0.2) is 66.9 Å². The van der Waals surface area contributed by atoms with Crippen LogP contribution in [0, 0.1) is 0 Å². The van der Waals surface area contributed by atoms with Gasteiger partial charge in [0.25, 0.3) is 0 Å². The lowest BCUT2D eigenvalue weighted by Gasteiger charge is -2.44. The van der Waals surface area contributed by atoms with Crippen LogP contribution in [0.1, 0.15) is 17.5 Å². The van der Waals surface area contributed by atoms with Gasteiger partial charge in [-0.25, -0.2) is 0 Å². The molecular formula is C25H24Cl3N5OS. The molecule has 2 aromatic carbocycles. The van der Waals surface area contributed by atoms with Crippen molar-refractivity contribution in [1.29, 1.82) is 0 Å². The zero-order chi connectivity index (χ0) is 25.0. The molecule has 1 aromatic heterocycles. The number of para-hydroxylation sites is 1. The topological polar surface area (TPSA) is 74.5 Å². The normalized spacial score (nSPS) is 15.6. The third-order valence-corrected chi connectivity index (χ3v) is 6.78. The molecule has 3 aromatic rings. The van der Waals surface area contributed by atoms with Crippen LogP contribution in [0.4, 0.5) is 5.69 Å². The number of thiocarbonyl (C=S) groups is 1. The summed E-state index contributed by atoms with van der Waals surface area (Å²) < 4.78 is -1.82. The van der Waals surface area contributed by atoms with E-state index in [4.69, 9.17) is 52.8 Å². The predicted octanol–water partition coefficient (Wildman–Crippen LogP) is 5.02. The van der Waals surface area contributed by atoms with Crippen molar-refractivity contribution < 1.29 is 4.79 Å². The number of benzene rings is 2. The van der Waals surface area contributed by atoms with Crippen molar-refractivity contribution in [2.75, 3.05) is 18.0 Å². The standard InChI is InChI=1S/C25H24Cl3N5OS/c26-25(27,28)23(31-21(34)12-11-17-7-9-18(16-29)10-8-17)33-15-3-14-32(24(33)35)20-6-1-4-19-5-2-13-30-22(19)20/h1-2,4-13,23H,3,14-16,29H2,(H,31,34)/b12-11+. The predicted molar refractivity (Wildman–Crippen MR) is 149 cm³/mol. The molecule has 10 heteroatoms. The lowest BCUT2D eigenvalue weighted by atomic mass is 10.1. The number of halogens is 3. The Morgan fingerprint density at radius 1 is 1.14 bits per heavy atom. The highest BCUT2D eigenvalue weighted by Crippen LogP contribution is 2.35. The molecule has 4 rings (SSSR count). The average Bonchev–Trinajstić information content (AvgIpc) is 2.86. The van der Waals surface area contributed by atoms with Crippen LogP contribution in [0.5, 0.6) is 0 Å². The van der Waals surface area contributed by atoms with Gasteiger partial charge in [-0.1, -0.05) is 77.3 Å². The molecule has 0 aliphatic carbocycles. The Morgan fingerprint density at radius 2 is 1.89 bits per heavy atom. The highest BCUT2D eigenvalue weighted by Gasteiger charge is 2.42. The molecule has 1 fully saturated rings.